The molecule has 37 heavy (non-hydrogen) atoms. The second kappa shape index (κ2) is 10.9. The van der Waals surface area contributed by atoms with Crippen LogP contribution in [0.25, 0.3) is 0 Å². The lowest BCUT2D eigenvalue weighted by atomic mass is 9.82. The molecule has 2 aromatic carbocycles. The molecule has 0 N–H and O–H groups in total. The Labute approximate surface area is 223 Å². The van der Waals surface area contributed by atoms with E-state index in [1.165, 1.54) is 19.3 Å². The van der Waals surface area contributed by atoms with Crippen LogP contribution in [0, 0.1) is 6.92 Å². The van der Waals surface area contributed by atoms with Gasteiger partial charge in [-0.3, -0.25) is 9.80 Å². The highest BCUT2D eigenvalue weighted by atomic mass is 35.5. The molecular formula is C27H29Cl2F6N2. The van der Waals surface area contributed by atoms with Crippen LogP contribution in [0.5, 0.6) is 0 Å². The first-order chi connectivity index (χ1) is 17.3. The van der Waals surface area contributed by atoms with Gasteiger partial charge in [-0.25, -0.2) is 0 Å². The molecule has 0 bridgehead atoms. The Morgan fingerprint density at radius 1 is 0.784 bits per heavy atom. The maximum atomic E-state index is 13.6. The Balaban J connectivity index is 1.72. The Morgan fingerprint density at radius 2 is 1.30 bits per heavy atom. The molecule has 1 aliphatic carbocycles. The molecule has 2 fully saturated rings. The third-order valence-electron chi connectivity index (χ3n) is 7.58. The van der Waals surface area contributed by atoms with E-state index < -0.39 is 29.0 Å². The summed E-state index contributed by atoms with van der Waals surface area (Å²) < 4.78 is 81.3. The molecule has 10 heteroatoms. The van der Waals surface area contributed by atoms with Gasteiger partial charge in [0, 0.05) is 47.8 Å². The first-order valence-corrected chi connectivity index (χ1v) is 13.1. The van der Waals surface area contributed by atoms with Crippen molar-refractivity contribution in [3.8, 4) is 0 Å². The van der Waals surface area contributed by atoms with Gasteiger partial charge in [-0.05, 0) is 62.1 Å². The number of benzene rings is 2. The van der Waals surface area contributed by atoms with Crippen LogP contribution in [0.15, 0.2) is 36.4 Å². The van der Waals surface area contributed by atoms with Gasteiger partial charge in [0.05, 0.1) is 16.7 Å². The highest BCUT2D eigenvalue weighted by Crippen LogP contribution is 2.43. The van der Waals surface area contributed by atoms with Gasteiger partial charge in [-0.2, -0.15) is 26.3 Å². The molecule has 1 aliphatic heterocycles. The van der Waals surface area contributed by atoms with Crippen molar-refractivity contribution in [3.63, 3.8) is 0 Å². The fourth-order valence-electron chi connectivity index (χ4n) is 5.72. The smallest absolute Gasteiger partial charge is 0.298 e. The zero-order valence-corrected chi connectivity index (χ0v) is 21.7. The predicted molar refractivity (Wildman–Crippen MR) is 134 cm³/mol. The van der Waals surface area contributed by atoms with E-state index in [1.807, 2.05) is 4.90 Å². The van der Waals surface area contributed by atoms with Crippen LogP contribution in [0.4, 0.5) is 26.3 Å². The van der Waals surface area contributed by atoms with E-state index in [2.05, 4.69) is 11.8 Å². The van der Waals surface area contributed by atoms with E-state index in [1.54, 1.807) is 18.2 Å². The average Bonchev–Trinajstić information content (AvgIpc) is 2.83. The normalized spacial score (nSPS) is 20.7. The van der Waals surface area contributed by atoms with Gasteiger partial charge in [0.1, 0.15) is 0 Å². The quantitative estimate of drug-likeness (QED) is 0.337. The Hall–Kier alpha value is -1.48. The van der Waals surface area contributed by atoms with Crippen molar-refractivity contribution in [1.82, 2.24) is 9.80 Å². The molecule has 1 unspecified atom stereocenters. The van der Waals surface area contributed by atoms with E-state index in [9.17, 15) is 26.3 Å². The lowest BCUT2D eigenvalue weighted by Crippen LogP contribution is -2.57. The largest absolute Gasteiger partial charge is 0.416 e. The minimum Gasteiger partial charge on any atom is -0.298 e. The minimum atomic E-state index is -4.94. The van der Waals surface area contributed by atoms with E-state index in [4.69, 9.17) is 23.2 Å². The summed E-state index contributed by atoms with van der Waals surface area (Å²) in [5, 5.41) is 0.528. The lowest BCUT2D eigenvalue weighted by Gasteiger charge is -2.49. The van der Waals surface area contributed by atoms with Crippen LogP contribution in [-0.2, 0) is 24.3 Å². The third kappa shape index (κ3) is 6.40. The molecule has 0 spiro atoms. The van der Waals surface area contributed by atoms with E-state index in [0.29, 0.717) is 24.7 Å². The van der Waals surface area contributed by atoms with Crippen molar-refractivity contribution in [2.75, 3.05) is 26.2 Å². The molecule has 0 aromatic heterocycles. The summed E-state index contributed by atoms with van der Waals surface area (Å²) in [4.78, 5) is 4.42. The Bertz CT molecular complexity index is 1040. The molecule has 1 heterocycles. The van der Waals surface area contributed by atoms with Crippen LogP contribution >= 0.6 is 23.2 Å². The van der Waals surface area contributed by atoms with Crippen molar-refractivity contribution in [1.29, 1.82) is 0 Å². The summed E-state index contributed by atoms with van der Waals surface area (Å²) >= 11 is 13.1. The number of piperazine rings is 1. The molecule has 2 aliphatic rings. The summed E-state index contributed by atoms with van der Waals surface area (Å²) in [5.74, 6) is 0. The number of nitrogens with zero attached hydrogens (tertiary/aromatic N) is 2. The Kier molecular flexibility index (Phi) is 8.44. The number of hydrogen-bond donors (Lipinski definition) is 0. The van der Waals surface area contributed by atoms with Crippen molar-refractivity contribution in [2.45, 2.75) is 62.5 Å². The fourth-order valence-corrected chi connectivity index (χ4v) is 6.47. The fraction of sp³-hybridized carbons (Fsp3) is 0.519. The van der Waals surface area contributed by atoms with Crippen molar-refractivity contribution in [2.24, 2.45) is 0 Å². The molecule has 1 saturated carbocycles. The first kappa shape index (κ1) is 28.5. The maximum absolute atomic E-state index is 13.6. The summed E-state index contributed by atoms with van der Waals surface area (Å²) in [6.07, 6.45) is -4.21. The van der Waals surface area contributed by atoms with Gasteiger partial charge >= 0.3 is 12.4 Å². The summed E-state index contributed by atoms with van der Waals surface area (Å²) in [7, 11) is 0. The average molecular weight is 566 g/mol. The van der Waals surface area contributed by atoms with Gasteiger partial charge in [-0.15, -0.1) is 0 Å². The van der Waals surface area contributed by atoms with E-state index >= 15 is 0 Å². The van der Waals surface area contributed by atoms with Crippen LogP contribution in [0.1, 0.15) is 54.4 Å². The summed E-state index contributed by atoms with van der Waals surface area (Å²) in [5.41, 5.74) is -3.72. The van der Waals surface area contributed by atoms with Gasteiger partial charge in [-0.1, -0.05) is 48.5 Å². The van der Waals surface area contributed by atoms with Crippen molar-refractivity contribution >= 4 is 23.2 Å². The summed E-state index contributed by atoms with van der Waals surface area (Å²) in [6.45, 7) is 6.89. The maximum Gasteiger partial charge on any atom is 0.416 e. The van der Waals surface area contributed by atoms with Crippen molar-refractivity contribution < 1.29 is 26.3 Å². The first-order valence-electron chi connectivity index (χ1n) is 12.4. The highest BCUT2D eigenvalue weighted by Gasteiger charge is 2.42. The van der Waals surface area contributed by atoms with Crippen LogP contribution in [-0.4, -0.2) is 42.0 Å². The molecule has 0 amide bonds. The molecule has 4 rings (SSSR count). The minimum absolute atomic E-state index is 0.136. The molecule has 203 valence electrons. The third-order valence-corrected chi connectivity index (χ3v) is 8.21. The number of alkyl halides is 6. The molecule has 1 atom stereocenters. The molecule has 1 radical (unpaired) electrons. The van der Waals surface area contributed by atoms with Crippen LogP contribution in [0.2, 0.25) is 10.0 Å². The summed E-state index contributed by atoms with van der Waals surface area (Å²) in [6, 6.07) is 7.01. The molecular weight excluding hydrogens is 537 g/mol. The predicted octanol–water partition coefficient (Wildman–Crippen LogP) is 8.25. The lowest BCUT2D eigenvalue weighted by molar-refractivity contribution is -0.143. The second-order valence-electron chi connectivity index (χ2n) is 10.0. The molecule has 2 nitrogen and oxygen atoms in total. The molecule has 1 saturated heterocycles. The zero-order valence-electron chi connectivity index (χ0n) is 20.2. The number of hydrogen-bond acceptors (Lipinski definition) is 2. The number of rotatable bonds is 5. The highest BCUT2D eigenvalue weighted by molar-refractivity contribution is 6.36. The van der Waals surface area contributed by atoms with Gasteiger partial charge in [0.15, 0.2) is 0 Å². The zero-order chi connectivity index (χ0) is 27.0. The SMILES string of the molecule is [CH2]C(Cc1cc(C(F)(F)F)cc(C(F)(F)F)c1)(c1c(Cl)cccc1Cl)N1CCN(C2CCCCC2)CC1. The van der Waals surface area contributed by atoms with E-state index in [0.717, 1.165) is 38.1 Å². The van der Waals surface area contributed by atoms with Gasteiger partial charge < -0.3 is 0 Å². The van der Waals surface area contributed by atoms with Crippen LogP contribution < -0.4 is 0 Å². The monoisotopic (exact) mass is 565 g/mol. The number of halogens is 8. The van der Waals surface area contributed by atoms with Gasteiger partial charge in [0.2, 0.25) is 0 Å². The van der Waals surface area contributed by atoms with E-state index in [-0.39, 0.29) is 28.1 Å². The molecule has 2 aromatic rings. The standard InChI is InChI=1S/C27H29Cl2F6N2/c1-25(24-22(28)8-5-9-23(24)29,37-12-10-36(11-13-37)21-6-3-2-4-7-21)17-18-14-19(26(30,31)32)16-20(15-18)27(33,34)35/h5,8-9,14-16,21H,1-4,6-7,10-13,17H2. The second-order valence-corrected chi connectivity index (χ2v) is 10.8. The van der Waals surface area contributed by atoms with Crippen molar-refractivity contribution in [3.05, 3.63) is 75.6 Å². The Morgan fingerprint density at radius 3 is 1.78 bits per heavy atom. The van der Waals surface area contributed by atoms with Crippen LogP contribution in [0.3, 0.4) is 0 Å². The topological polar surface area (TPSA) is 6.48 Å². The van der Waals surface area contributed by atoms with Gasteiger partial charge in [0.25, 0.3) is 0 Å².